The lowest BCUT2D eigenvalue weighted by Crippen LogP contribution is -2.39. The van der Waals surface area contributed by atoms with Crippen LogP contribution in [0.5, 0.6) is 0 Å². The Morgan fingerprint density at radius 3 is 2.62 bits per heavy atom. The van der Waals surface area contributed by atoms with E-state index in [4.69, 9.17) is 0 Å². The van der Waals surface area contributed by atoms with E-state index in [0.29, 0.717) is 6.54 Å². The summed E-state index contributed by atoms with van der Waals surface area (Å²) in [4.78, 5) is 23.1. The molecule has 21 heavy (non-hydrogen) atoms. The highest BCUT2D eigenvalue weighted by atomic mass is 19.1. The van der Waals surface area contributed by atoms with Crippen LogP contribution in [-0.4, -0.2) is 25.5 Å². The first-order chi connectivity index (χ1) is 9.76. The molecule has 0 bridgehead atoms. The van der Waals surface area contributed by atoms with Crippen LogP contribution in [-0.2, 0) is 19.7 Å². The summed E-state index contributed by atoms with van der Waals surface area (Å²) in [5, 5.41) is 2.80. The van der Waals surface area contributed by atoms with Gasteiger partial charge in [0.2, 0.25) is 5.91 Å². The summed E-state index contributed by atoms with van der Waals surface area (Å²) in [5.74, 6) is -1.39. The lowest BCUT2D eigenvalue weighted by atomic mass is 9.84. The van der Waals surface area contributed by atoms with Crippen LogP contribution in [0.2, 0.25) is 0 Å². The molecule has 0 radical (unpaired) electrons. The Labute approximate surface area is 124 Å². The summed E-state index contributed by atoms with van der Waals surface area (Å²) in [6.07, 6.45) is 0.0444. The number of nitrogens with one attached hydrogen (secondary N) is 1. The van der Waals surface area contributed by atoms with E-state index in [1.807, 2.05) is 19.9 Å². The Morgan fingerprint density at radius 1 is 1.38 bits per heavy atom. The maximum atomic E-state index is 13.3. The fourth-order valence-corrected chi connectivity index (χ4v) is 1.92. The first-order valence-electron chi connectivity index (χ1n) is 6.87. The zero-order valence-corrected chi connectivity index (χ0v) is 12.9. The number of amides is 1. The smallest absolute Gasteiger partial charge is 0.306 e. The van der Waals surface area contributed by atoms with E-state index >= 15 is 0 Å². The molecule has 0 saturated heterocycles. The topological polar surface area (TPSA) is 55.4 Å². The molecule has 1 amide bonds. The van der Waals surface area contributed by atoms with Crippen molar-refractivity contribution < 1.29 is 18.7 Å². The molecule has 1 N–H and O–H groups in total. The third-order valence-corrected chi connectivity index (χ3v) is 3.46. The van der Waals surface area contributed by atoms with Crippen LogP contribution in [0.15, 0.2) is 24.3 Å². The number of benzene rings is 1. The number of carbonyl (C=O) groups is 2. The number of carbonyl (C=O) groups excluding carboxylic acids is 2. The minimum atomic E-state index is -0.458. The van der Waals surface area contributed by atoms with Crippen molar-refractivity contribution in [2.75, 3.05) is 13.7 Å². The lowest BCUT2D eigenvalue weighted by molar-refractivity contribution is -0.143. The molecule has 0 fully saturated rings. The Kier molecular flexibility index (Phi) is 5.88. The van der Waals surface area contributed by atoms with Crippen molar-refractivity contribution in [2.24, 2.45) is 5.92 Å². The van der Waals surface area contributed by atoms with Gasteiger partial charge in [-0.1, -0.05) is 32.9 Å². The Hall–Kier alpha value is -1.91. The molecule has 0 aliphatic carbocycles. The fraction of sp³-hybridized carbons (Fsp3) is 0.500. The van der Waals surface area contributed by atoms with Gasteiger partial charge in [-0.3, -0.25) is 9.59 Å². The third kappa shape index (κ3) is 5.17. The van der Waals surface area contributed by atoms with Crippen molar-refractivity contribution in [2.45, 2.75) is 32.6 Å². The van der Waals surface area contributed by atoms with Crippen molar-refractivity contribution in [1.29, 1.82) is 0 Å². The van der Waals surface area contributed by atoms with Gasteiger partial charge in [-0.2, -0.15) is 0 Å². The molecule has 1 rings (SSSR count). The Morgan fingerprint density at radius 2 is 2.05 bits per heavy atom. The van der Waals surface area contributed by atoms with Gasteiger partial charge < -0.3 is 10.1 Å². The number of hydrogen-bond acceptors (Lipinski definition) is 3. The molecular formula is C16H22FNO3. The van der Waals surface area contributed by atoms with E-state index in [0.717, 1.165) is 5.56 Å². The van der Waals surface area contributed by atoms with E-state index in [1.54, 1.807) is 13.0 Å². The summed E-state index contributed by atoms with van der Waals surface area (Å²) in [5.41, 5.74) is 0.409. The molecule has 0 saturated carbocycles. The second kappa shape index (κ2) is 7.20. The van der Waals surface area contributed by atoms with Crippen molar-refractivity contribution in [3.8, 4) is 0 Å². The molecule has 0 aromatic heterocycles. The van der Waals surface area contributed by atoms with Gasteiger partial charge in [0.05, 0.1) is 13.5 Å². The average Bonchev–Trinajstić information content (AvgIpc) is 2.44. The molecule has 5 heteroatoms. The van der Waals surface area contributed by atoms with Crippen LogP contribution in [0.25, 0.3) is 0 Å². The number of rotatable bonds is 6. The zero-order chi connectivity index (χ0) is 16.0. The highest BCUT2D eigenvalue weighted by Gasteiger charge is 2.24. The van der Waals surface area contributed by atoms with Crippen LogP contribution in [0.1, 0.15) is 32.8 Å². The van der Waals surface area contributed by atoms with Gasteiger partial charge in [0.15, 0.2) is 0 Å². The summed E-state index contributed by atoms with van der Waals surface area (Å²) in [7, 11) is 1.29. The van der Waals surface area contributed by atoms with Crippen molar-refractivity contribution in [1.82, 2.24) is 5.32 Å². The van der Waals surface area contributed by atoms with Crippen LogP contribution < -0.4 is 5.32 Å². The highest BCUT2D eigenvalue weighted by molar-refractivity contribution is 5.83. The second-order valence-corrected chi connectivity index (χ2v) is 5.79. The molecular weight excluding hydrogens is 273 g/mol. The second-order valence-electron chi connectivity index (χ2n) is 5.79. The molecule has 1 atom stereocenters. The van der Waals surface area contributed by atoms with Crippen molar-refractivity contribution in [3.63, 3.8) is 0 Å². The standard InChI is InChI=1S/C16H22FNO3/c1-11(8-14(19)21-4)15(20)18-10-16(2,3)12-6-5-7-13(17)9-12/h5-7,9,11H,8,10H2,1-4H3,(H,18,20). The molecule has 0 heterocycles. The van der Waals surface area contributed by atoms with Crippen LogP contribution in [0.3, 0.4) is 0 Å². The minimum absolute atomic E-state index is 0.0444. The van der Waals surface area contributed by atoms with Gasteiger partial charge in [-0.05, 0) is 17.7 Å². The molecule has 1 unspecified atom stereocenters. The molecule has 0 aliphatic heterocycles. The van der Waals surface area contributed by atoms with Crippen LogP contribution in [0, 0.1) is 11.7 Å². The molecule has 1 aromatic rings. The first kappa shape index (κ1) is 17.1. The predicted molar refractivity (Wildman–Crippen MR) is 78.2 cm³/mol. The van der Waals surface area contributed by atoms with Crippen molar-refractivity contribution >= 4 is 11.9 Å². The monoisotopic (exact) mass is 295 g/mol. The van der Waals surface area contributed by atoms with E-state index < -0.39 is 17.3 Å². The first-order valence-corrected chi connectivity index (χ1v) is 6.87. The largest absolute Gasteiger partial charge is 0.469 e. The number of halogens is 1. The molecule has 4 nitrogen and oxygen atoms in total. The van der Waals surface area contributed by atoms with Gasteiger partial charge in [0, 0.05) is 17.9 Å². The molecule has 0 spiro atoms. The SMILES string of the molecule is COC(=O)CC(C)C(=O)NCC(C)(C)c1cccc(F)c1. The van der Waals surface area contributed by atoms with Gasteiger partial charge in [-0.25, -0.2) is 4.39 Å². The number of methoxy groups -OCH3 is 1. The van der Waals surface area contributed by atoms with Crippen LogP contribution >= 0.6 is 0 Å². The average molecular weight is 295 g/mol. The fourth-order valence-electron chi connectivity index (χ4n) is 1.92. The van der Waals surface area contributed by atoms with Gasteiger partial charge >= 0.3 is 5.97 Å². The van der Waals surface area contributed by atoms with E-state index in [1.165, 1.54) is 19.2 Å². The van der Waals surface area contributed by atoms with E-state index in [2.05, 4.69) is 10.1 Å². The van der Waals surface area contributed by atoms with Gasteiger partial charge in [0.25, 0.3) is 0 Å². The summed E-state index contributed by atoms with van der Waals surface area (Å²) in [6.45, 7) is 5.88. The molecule has 1 aromatic carbocycles. The van der Waals surface area contributed by atoms with E-state index in [-0.39, 0.29) is 18.1 Å². The summed E-state index contributed by atoms with van der Waals surface area (Å²) < 4.78 is 17.8. The lowest BCUT2D eigenvalue weighted by Gasteiger charge is -2.26. The number of esters is 1. The molecule has 0 aliphatic rings. The Bertz CT molecular complexity index is 514. The number of ether oxygens (including phenoxy) is 1. The summed E-state index contributed by atoms with van der Waals surface area (Å²) in [6, 6.07) is 6.32. The highest BCUT2D eigenvalue weighted by Crippen LogP contribution is 2.23. The van der Waals surface area contributed by atoms with Crippen molar-refractivity contribution in [3.05, 3.63) is 35.6 Å². The van der Waals surface area contributed by atoms with E-state index in [9.17, 15) is 14.0 Å². The molecule has 116 valence electrons. The third-order valence-electron chi connectivity index (χ3n) is 3.46. The minimum Gasteiger partial charge on any atom is -0.469 e. The van der Waals surface area contributed by atoms with Gasteiger partial charge in [-0.15, -0.1) is 0 Å². The number of hydrogen-bond donors (Lipinski definition) is 1. The summed E-state index contributed by atoms with van der Waals surface area (Å²) >= 11 is 0. The predicted octanol–water partition coefficient (Wildman–Crippen LogP) is 2.42. The van der Waals surface area contributed by atoms with Crippen LogP contribution in [0.4, 0.5) is 4.39 Å². The van der Waals surface area contributed by atoms with Gasteiger partial charge in [0.1, 0.15) is 5.82 Å². The Balaban J connectivity index is 2.60. The quantitative estimate of drug-likeness (QED) is 0.820. The normalized spacial score (nSPS) is 12.6. The maximum absolute atomic E-state index is 13.3. The maximum Gasteiger partial charge on any atom is 0.306 e. The zero-order valence-electron chi connectivity index (χ0n) is 12.9.